The lowest BCUT2D eigenvalue weighted by Gasteiger charge is -2.44. The monoisotopic (exact) mass is 296 g/mol. The molecule has 1 aliphatic rings. The van der Waals surface area contributed by atoms with Crippen molar-refractivity contribution in [1.82, 2.24) is 29.8 Å². The van der Waals surface area contributed by atoms with E-state index in [1.165, 1.54) is 0 Å². The molecular formula is C14H16N8. The molecule has 4 rings (SSSR count). The first-order chi connectivity index (χ1) is 10.7. The molecule has 112 valence electrons. The van der Waals surface area contributed by atoms with Gasteiger partial charge in [-0.1, -0.05) is 0 Å². The standard InChI is InChI=1S/C14H16N8/c1-10-17-18-12-4-5-13(19-22(10)12)21-8-11(9-21)20(2)14-15-6-3-7-16-14/h3-7,11H,8-9H2,1-2H3. The fourth-order valence-electron chi connectivity index (χ4n) is 2.58. The molecule has 0 spiro atoms. The second kappa shape index (κ2) is 4.90. The van der Waals surface area contributed by atoms with Crippen molar-refractivity contribution in [2.75, 3.05) is 29.9 Å². The highest BCUT2D eigenvalue weighted by Crippen LogP contribution is 2.23. The molecule has 0 atom stereocenters. The predicted octanol–water partition coefficient (Wildman–Crippen LogP) is 0.548. The fraction of sp³-hybridized carbons (Fsp3) is 0.357. The highest BCUT2D eigenvalue weighted by atomic mass is 15.4. The molecule has 0 unspecified atom stereocenters. The zero-order chi connectivity index (χ0) is 15.1. The second-order valence-electron chi connectivity index (χ2n) is 5.43. The molecule has 0 aromatic carbocycles. The van der Waals surface area contributed by atoms with Crippen molar-refractivity contribution < 1.29 is 0 Å². The van der Waals surface area contributed by atoms with Crippen LogP contribution in [-0.4, -0.2) is 56.0 Å². The van der Waals surface area contributed by atoms with E-state index < -0.39 is 0 Å². The lowest BCUT2D eigenvalue weighted by atomic mass is 10.1. The third-order valence-electron chi connectivity index (χ3n) is 4.01. The molecule has 0 amide bonds. The van der Waals surface area contributed by atoms with Crippen molar-refractivity contribution in [1.29, 1.82) is 0 Å². The molecule has 8 heteroatoms. The van der Waals surface area contributed by atoms with E-state index in [9.17, 15) is 0 Å². The van der Waals surface area contributed by atoms with Crippen molar-refractivity contribution in [2.24, 2.45) is 0 Å². The molecule has 1 saturated heterocycles. The number of fused-ring (bicyclic) bond motifs is 1. The smallest absolute Gasteiger partial charge is 0.225 e. The first kappa shape index (κ1) is 12.9. The summed E-state index contributed by atoms with van der Waals surface area (Å²) in [5.41, 5.74) is 0.771. The number of nitrogens with zero attached hydrogens (tertiary/aromatic N) is 8. The maximum absolute atomic E-state index is 4.59. The van der Waals surface area contributed by atoms with Crippen molar-refractivity contribution in [3.05, 3.63) is 36.4 Å². The van der Waals surface area contributed by atoms with Crippen LogP contribution in [0.15, 0.2) is 30.6 Å². The van der Waals surface area contributed by atoms with E-state index in [1.807, 2.05) is 32.2 Å². The van der Waals surface area contributed by atoms with Gasteiger partial charge in [0.25, 0.3) is 0 Å². The lowest BCUT2D eigenvalue weighted by molar-refractivity contribution is 0.484. The molecule has 3 aromatic heterocycles. The molecular weight excluding hydrogens is 280 g/mol. The maximum Gasteiger partial charge on any atom is 0.225 e. The first-order valence-electron chi connectivity index (χ1n) is 7.16. The molecule has 0 N–H and O–H groups in total. The molecule has 22 heavy (non-hydrogen) atoms. The molecule has 1 aliphatic heterocycles. The van der Waals surface area contributed by atoms with Crippen LogP contribution in [0.4, 0.5) is 11.8 Å². The van der Waals surface area contributed by atoms with Gasteiger partial charge >= 0.3 is 0 Å². The van der Waals surface area contributed by atoms with Crippen LogP contribution in [0.1, 0.15) is 5.82 Å². The Labute approximate surface area is 127 Å². The fourth-order valence-corrected chi connectivity index (χ4v) is 2.58. The van der Waals surface area contributed by atoms with E-state index in [1.54, 1.807) is 16.9 Å². The zero-order valence-corrected chi connectivity index (χ0v) is 12.5. The van der Waals surface area contributed by atoms with Gasteiger partial charge in [0.2, 0.25) is 5.95 Å². The summed E-state index contributed by atoms with van der Waals surface area (Å²) in [4.78, 5) is 12.9. The van der Waals surface area contributed by atoms with Crippen LogP contribution in [0.3, 0.4) is 0 Å². The van der Waals surface area contributed by atoms with E-state index in [0.29, 0.717) is 6.04 Å². The highest BCUT2D eigenvalue weighted by molar-refractivity contribution is 5.49. The van der Waals surface area contributed by atoms with Crippen LogP contribution in [0, 0.1) is 6.92 Å². The summed E-state index contributed by atoms with van der Waals surface area (Å²) >= 11 is 0. The average molecular weight is 296 g/mol. The van der Waals surface area contributed by atoms with Crippen LogP contribution >= 0.6 is 0 Å². The summed E-state index contributed by atoms with van der Waals surface area (Å²) in [6.45, 7) is 3.69. The van der Waals surface area contributed by atoms with E-state index in [0.717, 1.165) is 36.3 Å². The molecule has 0 bridgehead atoms. The van der Waals surface area contributed by atoms with Gasteiger partial charge in [0.05, 0.1) is 6.04 Å². The lowest BCUT2D eigenvalue weighted by Crippen LogP contribution is -2.59. The Balaban J connectivity index is 1.49. The number of aryl methyl sites for hydroxylation is 1. The van der Waals surface area contributed by atoms with Gasteiger partial charge in [0, 0.05) is 32.5 Å². The Bertz CT molecular complexity index is 793. The minimum absolute atomic E-state index is 0.391. The highest BCUT2D eigenvalue weighted by Gasteiger charge is 2.32. The zero-order valence-electron chi connectivity index (χ0n) is 12.5. The average Bonchev–Trinajstić information content (AvgIpc) is 2.88. The molecule has 0 radical (unpaired) electrons. The molecule has 0 aliphatic carbocycles. The summed E-state index contributed by atoms with van der Waals surface area (Å²) in [7, 11) is 2.03. The van der Waals surface area contributed by atoms with Crippen molar-refractivity contribution in [3.8, 4) is 0 Å². The summed E-state index contributed by atoms with van der Waals surface area (Å²) < 4.78 is 1.77. The molecule has 1 fully saturated rings. The number of likely N-dealkylation sites (N-methyl/N-ethyl adjacent to an activating group) is 1. The van der Waals surface area contributed by atoms with Crippen LogP contribution < -0.4 is 9.80 Å². The van der Waals surface area contributed by atoms with Crippen LogP contribution in [0.5, 0.6) is 0 Å². The van der Waals surface area contributed by atoms with Crippen molar-refractivity contribution in [2.45, 2.75) is 13.0 Å². The minimum Gasteiger partial charge on any atom is -0.351 e. The molecule has 3 aromatic rings. The van der Waals surface area contributed by atoms with E-state index in [-0.39, 0.29) is 0 Å². The first-order valence-corrected chi connectivity index (χ1v) is 7.16. The van der Waals surface area contributed by atoms with Gasteiger partial charge in [-0.3, -0.25) is 0 Å². The van der Waals surface area contributed by atoms with Crippen molar-refractivity contribution >= 4 is 17.4 Å². The number of hydrogen-bond donors (Lipinski definition) is 0. The predicted molar refractivity (Wildman–Crippen MR) is 82.0 cm³/mol. The SMILES string of the molecule is Cc1nnc2ccc(N3CC(N(C)c4ncccn4)C3)nn12. The van der Waals surface area contributed by atoms with Gasteiger partial charge in [0.15, 0.2) is 11.5 Å². The Hall–Kier alpha value is -2.77. The normalized spacial score (nSPS) is 15.1. The van der Waals surface area contributed by atoms with Gasteiger partial charge in [-0.15, -0.1) is 15.3 Å². The number of aromatic nitrogens is 6. The van der Waals surface area contributed by atoms with Gasteiger partial charge in [-0.25, -0.2) is 9.97 Å². The summed E-state index contributed by atoms with van der Waals surface area (Å²) in [6, 6.07) is 6.14. The summed E-state index contributed by atoms with van der Waals surface area (Å²) in [6.07, 6.45) is 3.53. The molecule has 8 nitrogen and oxygen atoms in total. The topological polar surface area (TPSA) is 75.3 Å². The van der Waals surface area contributed by atoms with Crippen LogP contribution in [0.2, 0.25) is 0 Å². The molecule has 4 heterocycles. The number of anilines is 2. The summed E-state index contributed by atoms with van der Waals surface area (Å²) in [5, 5.41) is 12.7. The third-order valence-corrected chi connectivity index (χ3v) is 4.01. The van der Waals surface area contributed by atoms with Gasteiger partial charge < -0.3 is 9.80 Å². The Morgan fingerprint density at radius 3 is 2.68 bits per heavy atom. The van der Waals surface area contributed by atoms with E-state index in [2.05, 4.69) is 35.1 Å². The third kappa shape index (κ3) is 2.03. The van der Waals surface area contributed by atoms with Crippen LogP contribution in [0.25, 0.3) is 5.65 Å². The van der Waals surface area contributed by atoms with Crippen LogP contribution in [-0.2, 0) is 0 Å². The van der Waals surface area contributed by atoms with Crippen molar-refractivity contribution in [3.63, 3.8) is 0 Å². The number of hydrogen-bond acceptors (Lipinski definition) is 7. The molecule has 0 saturated carbocycles. The largest absolute Gasteiger partial charge is 0.351 e. The maximum atomic E-state index is 4.59. The number of rotatable bonds is 3. The van der Waals surface area contributed by atoms with Gasteiger partial charge in [-0.05, 0) is 25.1 Å². The minimum atomic E-state index is 0.391. The van der Waals surface area contributed by atoms with E-state index in [4.69, 9.17) is 0 Å². The van der Waals surface area contributed by atoms with Gasteiger partial charge in [-0.2, -0.15) is 4.52 Å². The Morgan fingerprint density at radius 2 is 1.91 bits per heavy atom. The quantitative estimate of drug-likeness (QED) is 0.698. The Kier molecular flexibility index (Phi) is 2.88. The summed E-state index contributed by atoms with van der Waals surface area (Å²) in [5.74, 6) is 2.49. The van der Waals surface area contributed by atoms with E-state index >= 15 is 0 Å². The Morgan fingerprint density at radius 1 is 1.14 bits per heavy atom. The van der Waals surface area contributed by atoms with Gasteiger partial charge in [0.1, 0.15) is 5.82 Å². The second-order valence-corrected chi connectivity index (χ2v) is 5.43.